The van der Waals surface area contributed by atoms with Crippen LogP contribution in [0, 0.1) is 0 Å². The van der Waals surface area contributed by atoms with Gasteiger partial charge in [-0.05, 0) is 43.2 Å². The maximum absolute atomic E-state index is 12.5. The summed E-state index contributed by atoms with van der Waals surface area (Å²) in [7, 11) is 1.46. The van der Waals surface area contributed by atoms with E-state index in [-0.39, 0.29) is 17.4 Å². The Hall–Kier alpha value is -1.23. The summed E-state index contributed by atoms with van der Waals surface area (Å²) in [5.74, 6) is 0.0272. The third kappa shape index (κ3) is 3.40. The lowest BCUT2D eigenvalue weighted by molar-refractivity contribution is 0.103. The highest BCUT2D eigenvalue weighted by molar-refractivity contribution is 8.00. The predicted molar refractivity (Wildman–Crippen MR) is 89.6 cm³/mol. The molecule has 0 radical (unpaired) electrons. The van der Waals surface area contributed by atoms with E-state index >= 15 is 0 Å². The van der Waals surface area contributed by atoms with Gasteiger partial charge in [0.1, 0.15) is 10.7 Å². The van der Waals surface area contributed by atoms with Crippen LogP contribution >= 0.6 is 35.0 Å². The van der Waals surface area contributed by atoms with E-state index in [9.17, 15) is 4.79 Å². The Labute approximate surface area is 143 Å². The Bertz CT molecular complexity index is 732. The largest absolute Gasteiger partial charge is 0.480 e. The fraction of sp³-hybridized carbons (Fsp3) is 0.250. The lowest BCUT2D eigenvalue weighted by Crippen LogP contribution is -2.05. The van der Waals surface area contributed by atoms with Crippen LogP contribution in [0.5, 0.6) is 5.88 Å². The molecule has 22 heavy (non-hydrogen) atoms. The van der Waals surface area contributed by atoms with Crippen LogP contribution in [0.4, 0.5) is 0 Å². The summed E-state index contributed by atoms with van der Waals surface area (Å²) in [5, 5.41) is 1.64. The molecule has 0 N–H and O–H groups in total. The van der Waals surface area contributed by atoms with Gasteiger partial charge in [-0.1, -0.05) is 23.2 Å². The smallest absolute Gasteiger partial charge is 0.232 e. The number of nitrogens with zero attached hydrogens (tertiary/aromatic N) is 1. The maximum Gasteiger partial charge on any atom is 0.232 e. The maximum atomic E-state index is 12.5. The van der Waals surface area contributed by atoms with Gasteiger partial charge in [0.2, 0.25) is 11.7 Å². The number of rotatable bonds is 5. The minimum absolute atomic E-state index is 0.208. The van der Waals surface area contributed by atoms with Crippen molar-refractivity contribution in [3.05, 3.63) is 51.6 Å². The van der Waals surface area contributed by atoms with E-state index in [0.29, 0.717) is 20.9 Å². The first-order valence-electron chi connectivity index (χ1n) is 6.80. The quantitative estimate of drug-likeness (QED) is 0.717. The Morgan fingerprint density at radius 2 is 2.00 bits per heavy atom. The average Bonchev–Trinajstić information content (AvgIpc) is 3.33. The predicted octanol–water partition coefficient (Wildman–Crippen LogP) is 4.88. The number of hydrogen-bond acceptors (Lipinski definition) is 4. The van der Waals surface area contributed by atoms with Gasteiger partial charge in [0.25, 0.3) is 0 Å². The standard InChI is InChI=1S/C16H13Cl2NO2S/c1-21-16-11(17)5-6-13(19-16)15(20)9-2-7-14(12(18)8-9)22-10-3-4-10/h2,5-8,10H,3-4H2,1H3. The molecule has 114 valence electrons. The van der Waals surface area contributed by atoms with Gasteiger partial charge in [0.15, 0.2) is 0 Å². The van der Waals surface area contributed by atoms with E-state index in [1.165, 1.54) is 20.0 Å². The van der Waals surface area contributed by atoms with Crippen molar-refractivity contribution in [2.75, 3.05) is 7.11 Å². The number of pyridine rings is 1. The molecule has 6 heteroatoms. The number of hydrogen-bond donors (Lipinski definition) is 0. The van der Waals surface area contributed by atoms with Crippen molar-refractivity contribution in [2.24, 2.45) is 0 Å². The first kappa shape index (κ1) is 15.7. The molecule has 1 heterocycles. The Kier molecular flexibility index (Phi) is 4.62. The molecule has 2 aromatic rings. The first-order valence-corrected chi connectivity index (χ1v) is 8.43. The molecular weight excluding hydrogens is 341 g/mol. The summed E-state index contributed by atoms with van der Waals surface area (Å²) in [6.07, 6.45) is 2.46. The lowest BCUT2D eigenvalue weighted by atomic mass is 10.1. The van der Waals surface area contributed by atoms with Crippen LogP contribution < -0.4 is 4.74 Å². The summed E-state index contributed by atoms with van der Waals surface area (Å²) in [5.41, 5.74) is 0.780. The highest BCUT2D eigenvalue weighted by Crippen LogP contribution is 2.42. The SMILES string of the molecule is COc1nc(C(=O)c2ccc(SC3CC3)c(Cl)c2)ccc1Cl. The monoisotopic (exact) mass is 353 g/mol. The zero-order valence-electron chi connectivity index (χ0n) is 11.8. The highest BCUT2D eigenvalue weighted by atomic mass is 35.5. The Morgan fingerprint density at radius 3 is 2.64 bits per heavy atom. The van der Waals surface area contributed by atoms with Gasteiger partial charge in [-0.25, -0.2) is 4.98 Å². The van der Waals surface area contributed by atoms with Crippen molar-refractivity contribution in [3.63, 3.8) is 0 Å². The van der Waals surface area contributed by atoms with E-state index in [1.807, 2.05) is 6.07 Å². The van der Waals surface area contributed by atoms with Crippen LogP contribution in [0.25, 0.3) is 0 Å². The molecule has 1 fully saturated rings. The zero-order chi connectivity index (χ0) is 15.7. The molecule has 0 amide bonds. The molecule has 3 rings (SSSR count). The third-order valence-corrected chi connectivity index (χ3v) is 5.38. The van der Waals surface area contributed by atoms with Crippen LogP contribution in [0.15, 0.2) is 35.2 Å². The molecule has 0 saturated heterocycles. The molecule has 0 atom stereocenters. The number of aromatic nitrogens is 1. The number of benzene rings is 1. The third-order valence-electron chi connectivity index (χ3n) is 3.25. The molecular formula is C16H13Cl2NO2S. The summed E-state index contributed by atoms with van der Waals surface area (Å²) in [4.78, 5) is 17.6. The second-order valence-electron chi connectivity index (χ2n) is 4.98. The fourth-order valence-corrected chi connectivity index (χ4v) is 3.49. The zero-order valence-corrected chi connectivity index (χ0v) is 14.1. The molecule has 0 aliphatic heterocycles. The average molecular weight is 354 g/mol. The van der Waals surface area contributed by atoms with Crippen molar-refractivity contribution in [1.29, 1.82) is 0 Å². The number of halogens is 2. The Morgan fingerprint density at radius 1 is 1.23 bits per heavy atom. The topological polar surface area (TPSA) is 39.2 Å². The van der Waals surface area contributed by atoms with Gasteiger partial charge >= 0.3 is 0 Å². The number of thioether (sulfide) groups is 1. The van der Waals surface area contributed by atoms with E-state index in [1.54, 1.807) is 36.0 Å². The number of methoxy groups -OCH3 is 1. The number of ketones is 1. The van der Waals surface area contributed by atoms with Gasteiger partial charge in [-0.3, -0.25) is 4.79 Å². The van der Waals surface area contributed by atoms with Gasteiger partial charge < -0.3 is 4.74 Å². The fourth-order valence-electron chi connectivity index (χ4n) is 1.94. The molecule has 1 aliphatic carbocycles. The minimum Gasteiger partial charge on any atom is -0.480 e. The second kappa shape index (κ2) is 6.49. The lowest BCUT2D eigenvalue weighted by Gasteiger charge is -2.07. The van der Waals surface area contributed by atoms with Crippen LogP contribution in [0.1, 0.15) is 28.9 Å². The first-order chi connectivity index (χ1) is 10.6. The summed E-state index contributed by atoms with van der Waals surface area (Å²) < 4.78 is 5.04. The van der Waals surface area contributed by atoms with Crippen LogP contribution in [-0.4, -0.2) is 23.1 Å². The highest BCUT2D eigenvalue weighted by Gasteiger charge is 2.24. The molecule has 0 spiro atoms. The van der Waals surface area contributed by atoms with Gasteiger partial charge in [0, 0.05) is 15.7 Å². The van der Waals surface area contributed by atoms with E-state index < -0.39 is 0 Å². The van der Waals surface area contributed by atoms with Gasteiger partial charge in [-0.2, -0.15) is 0 Å². The van der Waals surface area contributed by atoms with Crippen LogP contribution in [0.2, 0.25) is 10.0 Å². The van der Waals surface area contributed by atoms with E-state index in [4.69, 9.17) is 27.9 Å². The van der Waals surface area contributed by atoms with Gasteiger partial charge in [-0.15, -0.1) is 11.8 Å². The molecule has 1 aromatic carbocycles. The van der Waals surface area contributed by atoms with Crippen molar-refractivity contribution in [2.45, 2.75) is 23.0 Å². The van der Waals surface area contributed by atoms with E-state index in [0.717, 1.165) is 4.90 Å². The molecule has 0 unspecified atom stereocenters. The van der Waals surface area contributed by atoms with Crippen molar-refractivity contribution >= 4 is 40.7 Å². The number of carbonyl (C=O) groups excluding carboxylic acids is 1. The van der Waals surface area contributed by atoms with Crippen LogP contribution in [0.3, 0.4) is 0 Å². The number of carbonyl (C=O) groups is 1. The van der Waals surface area contributed by atoms with Crippen LogP contribution in [-0.2, 0) is 0 Å². The molecule has 3 nitrogen and oxygen atoms in total. The van der Waals surface area contributed by atoms with Crippen molar-refractivity contribution in [3.8, 4) is 5.88 Å². The van der Waals surface area contributed by atoms with Crippen molar-refractivity contribution < 1.29 is 9.53 Å². The number of ether oxygens (including phenoxy) is 1. The Balaban J connectivity index is 1.86. The van der Waals surface area contributed by atoms with Gasteiger partial charge in [0.05, 0.1) is 12.1 Å². The molecule has 0 bridgehead atoms. The summed E-state index contributed by atoms with van der Waals surface area (Å²) in [6.45, 7) is 0. The molecule has 1 saturated carbocycles. The minimum atomic E-state index is -0.208. The molecule has 1 aromatic heterocycles. The van der Waals surface area contributed by atoms with Crippen molar-refractivity contribution in [1.82, 2.24) is 4.98 Å². The summed E-state index contributed by atoms with van der Waals surface area (Å²) in [6, 6.07) is 8.54. The second-order valence-corrected chi connectivity index (χ2v) is 7.14. The summed E-state index contributed by atoms with van der Waals surface area (Å²) >= 11 is 14.0. The normalized spacial score (nSPS) is 14.0. The van der Waals surface area contributed by atoms with E-state index in [2.05, 4.69) is 4.98 Å². The molecule has 1 aliphatic rings.